The van der Waals surface area contributed by atoms with Crippen LogP contribution in [-0.4, -0.2) is 5.78 Å². The van der Waals surface area contributed by atoms with E-state index in [0.717, 1.165) is 11.1 Å². The Morgan fingerprint density at radius 3 is 2.67 bits per heavy atom. The van der Waals surface area contributed by atoms with Gasteiger partial charge in [0.1, 0.15) is 0 Å². The molecule has 18 heavy (non-hydrogen) atoms. The SMILES string of the molecule is Cc1cccc(CC(=O)c2ccc(N)c(Cl)c2)c1. The lowest BCUT2D eigenvalue weighted by Gasteiger charge is -2.04. The summed E-state index contributed by atoms with van der Waals surface area (Å²) in [6.07, 6.45) is 0.377. The van der Waals surface area contributed by atoms with Gasteiger partial charge in [-0.25, -0.2) is 0 Å². The lowest BCUT2D eigenvalue weighted by molar-refractivity contribution is 0.0993. The molecular weight excluding hydrogens is 246 g/mol. The average Bonchev–Trinajstić information content (AvgIpc) is 2.32. The van der Waals surface area contributed by atoms with Gasteiger partial charge in [-0.05, 0) is 30.7 Å². The highest BCUT2D eigenvalue weighted by Crippen LogP contribution is 2.20. The molecule has 0 aromatic heterocycles. The third kappa shape index (κ3) is 2.90. The zero-order valence-electron chi connectivity index (χ0n) is 10.1. The summed E-state index contributed by atoms with van der Waals surface area (Å²) in [6, 6.07) is 12.9. The predicted molar refractivity (Wildman–Crippen MR) is 75.1 cm³/mol. The summed E-state index contributed by atoms with van der Waals surface area (Å²) in [4.78, 5) is 12.1. The van der Waals surface area contributed by atoms with Gasteiger partial charge in [-0.1, -0.05) is 41.4 Å². The van der Waals surface area contributed by atoms with Gasteiger partial charge in [-0.15, -0.1) is 0 Å². The van der Waals surface area contributed by atoms with E-state index in [0.29, 0.717) is 22.7 Å². The number of ketones is 1. The van der Waals surface area contributed by atoms with E-state index in [-0.39, 0.29) is 5.78 Å². The van der Waals surface area contributed by atoms with Crippen LogP contribution in [0, 0.1) is 6.92 Å². The average molecular weight is 260 g/mol. The van der Waals surface area contributed by atoms with Gasteiger partial charge < -0.3 is 5.73 Å². The van der Waals surface area contributed by atoms with Gasteiger partial charge in [0.15, 0.2) is 5.78 Å². The number of carbonyl (C=O) groups is 1. The molecule has 3 heteroatoms. The number of nitrogens with two attached hydrogens (primary N) is 1. The van der Waals surface area contributed by atoms with Gasteiger partial charge in [0, 0.05) is 12.0 Å². The Kier molecular flexibility index (Phi) is 3.68. The van der Waals surface area contributed by atoms with Crippen LogP contribution >= 0.6 is 11.6 Å². The zero-order chi connectivity index (χ0) is 13.1. The van der Waals surface area contributed by atoms with Crippen molar-refractivity contribution in [1.82, 2.24) is 0 Å². The number of rotatable bonds is 3. The van der Waals surface area contributed by atoms with Gasteiger partial charge >= 0.3 is 0 Å². The van der Waals surface area contributed by atoms with E-state index in [1.165, 1.54) is 0 Å². The van der Waals surface area contributed by atoms with Crippen LogP contribution in [0.1, 0.15) is 21.5 Å². The number of nitrogen functional groups attached to an aromatic ring is 1. The molecule has 92 valence electrons. The fourth-order valence-electron chi connectivity index (χ4n) is 1.81. The molecule has 0 amide bonds. The van der Waals surface area contributed by atoms with Crippen molar-refractivity contribution in [3.8, 4) is 0 Å². The summed E-state index contributed by atoms with van der Waals surface area (Å²) < 4.78 is 0. The molecule has 0 bridgehead atoms. The number of carbonyl (C=O) groups excluding carboxylic acids is 1. The van der Waals surface area contributed by atoms with Crippen molar-refractivity contribution < 1.29 is 4.79 Å². The Labute approximate surface area is 111 Å². The molecule has 0 saturated heterocycles. The molecule has 0 saturated carbocycles. The van der Waals surface area contributed by atoms with E-state index in [9.17, 15) is 4.79 Å². The summed E-state index contributed by atoms with van der Waals surface area (Å²) in [5, 5.41) is 0.421. The molecule has 0 spiro atoms. The van der Waals surface area contributed by atoms with Gasteiger partial charge in [0.2, 0.25) is 0 Å². The van der Waals surface area contributed by atoms with Crippen LogP contribution in [0.15, 0.2) is 42.5 Å². The zero-order valence-corrected chi connectivity index (χ0v) is 10.9. The van der Waals surface area contributed by atoms with Crippen LogP contribution in [0.3, 0.4) is 0 Å². The van der Waals surface area contributed by atoms with Crippen LogP contribution in [0.5, 0.6) is 0 Å². The third-order valence-corrected chi connectivity index (χ3v) is 3.10. The minimum Gasteiger partial charge on any atom is -0.398 e. The van der Waals surface area contributed by atoms with E-state index >= 15 is 0 Å². The molecular formula is C15H14ClNO. The molecule has 0 atom stereocenters. The lowest BCUT2D eigenvalue weighted by atomic mass is 10.0. The lowest BCUT2D eigenvalue weighted by Crippen LogP contribution is -2.04. The molecule has 2 N–H and O–H groups in total. The molecule has 2 rings (SSSR count). The van der Waals surface area contributed by atoms with Crippen LogP contribution < -0.4 is 5.73 Å². The topological polar surface area (TPSA) is 43.1 Å². The molecule has 0 aliphatic carbocycles. The van der Waals surface area contributed by atoms with Crippen molar-refractivity contribution in [2.75, 3.05) is 5.73 Å². The number of hydrogen-bond donors (Lipinski definition) is 1. The van der Waals surface area contributed by atoms with E-state index < -0.39 is 0 Å². The Bertz CT molecular complexity index is 593. The van der Waals surface area contributed by atoms with Crippen molar-refractivity contribution in [3.05, 3.63) is 64.2 Å². The van der Waals surface area contributed by atoms with Crippen LogP contribution in [-0.2, 0) is 6.42 Å². The van der Waals surface area contributed by atoms with Gasteiger partial charge in [0.25, 0.3) is 0 Å². The van der Waals surface area contributed by atoms with Crippen molar-refractivity contribution in [2.45, 2.75) is 13.3 Å². The smallest absolute Gasteiger partial charge is 0.167 e. The monoisotopic (exact) mass is 259 g/mol. The molecule has 2 nitrogen and oxygen atoms in total. The summed E-state index contributed by atoms with van der Waals surface area (Å²) in [5.74, 6) is 0.0440. The molecule has 0 heterocycles. The number of hydrogen-bond acceptors (Lipinski definition) is 2. The summed E-state index contributed by atoms with van der Waals surface area (Å²) in [5.41, 5.74) is 8.86. The second-order valence-corrected chi connectivity index (χ2v) is 4.73. The quantitative estimate of drug-likeness (QED) is 0.675. The third-order valence-electron chi connectivity index (χ3n) is 2.77. The maximum atomic E-state index is 12.1. The minimum atomic E-state index is 0.0440. The van der Waals surface area contributed by atoms with Crippen molar-refractivity contribution in [2.24, 2.45) is 0 Å². The second kappa shape index (κ2) is 5.23. The standard InChI is InChI=1S/C15H14ClNO/c1-10-3-2-4-11(7-10)8-15(18)12-5-6-14(17)13(16)9-12/h2-7,9H,8,17H2,1H3. The molecule has 0 unspecified atom stereocenters. The van der Waals surface area contributed by atoms with Gasteiger partial charge in [-0.2, -0.15) is 0 Å². The number of benzene rings is 2. The highest BCUT2D eigenvalue weighted by atomic mass is 35.5. The minimum absolute atomic E-state index is 0.0440. The van der Waals surface area contributed by atoms with E-state index in [4.69, 9.17) is 17.3 Å². The summed E-state index contributed by atoms with van der Waals surface area (Å²) in [7, 11) is 0. The predicted octanol–water partition coefficient (Wildman–Crippen LogP) is 3.66. The normalized spacial score (nSPS) is 10.3. The Morgan fingerprint density at radius 2 is 2.00 bits per heavy atom. The van der Waals surface area contributed by atoms with Crippen molar-refractivity contribution in [3.63, 3.8) is 0 Å². The fourth-order valence-corrected chi connectivity index (χ4v) is 1.99. The fraction of sp³-hybridized carbons (Fsp3) is 0.133. The Morgan fingerprint density at radius 1 is 1.22 bits per heavy atom. The van der Waals surface area contributed by atoms with Crippen molar-refractivity contribution in [1.29, 1.82) is 0 Å². The highest BCUT2D eigenvalue weighted by molar-refractivity contribution is 6.33. The Hall–Kier alpha value is -1.80. The number of anilines is 1. The first-order valence-corrected chi connectivity index (χ1v) is 6.08. The molecule has 2 aromatic carbocycles. The molecule has 2 aromatic rings. The van der Waals surface area contributed by atoms with Gasteiger partial charge in [0.05, 0.1) is 10.7 Å². The van der Waals surface area contributed by atoms with E-state index in [1.807, 2.05) is 31.2 Å². The maximum absolute atomic E-state index is 12.1. The highest BCUT2D eigenvalue weighted by Gasteiger charge is 2.08. The van der Waals surface area contributed by atoms with Crippen LogP contribution in [0.25, 0.3) is 0 Å². The first kappa shape index (κ1) is 12.7. The van der Waals surface area contributed by atoms with E-state index in [2.05, 4.69) is 0 Å². The molecule has 0 aliphatic rings. The number of aryl methyl sites for hydroxylation is 1. The van der Waals surface area contributed by atoms with Crippen molar-refractivity contribution >= 4 is 23.1 Å². The Balaban J connectivity index is 2.19. The maximum Gasteiger partial charge on any atom is 0.167 e. The number of halogens is 1. The molecule has 0 fully saturated rings. The molecule has 0 aliphatic heterocycles. The summed E-state index contributed by atoms with van der Waals surface area (Å²) >= 11 is 5.91. The first-order chi connectivity index (χ1) is 8.56. The second-order valence-electron chi connectivity index (χ2n) is 4.33. The van der Waals surface area contributed by atoms with E-state index in [1.54, 1.807) is 18.2 Å². The van der Waals surface area contributed by atoms with Crippen LogP contribution in [0.4, 0.5) is 5.69 Å². The summed E-state index contributed by atoms with van der Waals surface area (Å²) in [6.45, 7) is 2.01. The number of Topliss-reactive ketones (excluding diaryl/α,β-unsaturated/α-hetero) is 1. The molecule has 0 radical (unpaired) electrons. The van der Waals surface area contributed by atoms with Crippen LogP contribution in [0.2, 0.25) is 5.02 Å². The first-order valence-electron chi connectivity index (χ1n) is 5.70. The largest absolute Gasteiger partial charge is 0.398 e. The van der Waals surface area contributed by atoms with Gasteiger partial charge in [-0.3, -0.25) is 4.79 Å².